The van der Waals surface area contributed by atoms with Crippen LogP contribution in [0.15, 0.2) is 451 Å². The lowest BCUT2D eigenvalue weighted by molar-refractivity contribution is 0.548. The van der Waals surface area contributed by atoms with Crippen molar-refractivity contribution in [1.29, 1.82) is 0 Å². The first-order chi connectivity index (χ1) is 64.1. The molecule has 12 aromatic heterocycles. The zero-order chi connectivity index (χ0) is 85.0. The summed E-state index contributed by atoms with van der Waals surface area (Å²) >= 11 is 0. The van der Waals surface area contributed by atoms with Crippen molar-refractivity contribution in [3.05, 3.63) is 438 Å². The van der Waals surface area contributed by atoms with E-state index in [-0.39, 0.29) is 0 Å². The minimum Gasteiger partial charge on any atom is -0.422 e. The fourth-order valence-corrected chi connectivity index (χ4v) is 19.3. The molecule has 15 nitrogen and oxygen atoms in total. The predicted octanol–water partition coefficient (Wildman–Crippen LogP) is 28.8. The van der Waals surface area contributed by atoms with E-state index in [2.05, 4.69) is 315 Å². The SMILES string of the molecule is c1ccc(-c2nc(-n3c4ccccc4c4c3ccc3c5ccccc5n(-c5cccnc5)c34)oc2-c2ccccc2)cc1.c1ccc(-c2nc(-n3c4ccccc4c4cc5c(cc43)c3ccccc3n5-c3cccnc3)oc2-c2ccccc2)cc1.c1ccc(-c2nc(-n3c4ccccc4c4ccc5c(c6ccccc6n5-c5cccnc5)c43)oc2-c2ccccc2)cc1. The smallest absolute Gasteiger partial charge is 0.307 e. The molecule has 0 unspecified atom stereocenters. The number of fused-ring (bicyclic) bond motifs is 20. The molecule has 0 saturated heterocycles. The highest BCUT2D eigenvalue weighted by Gasteiger charge is 2.30. The fourth-order valence-electron chi connectivity index (χ4n) is 19.3. The topological polar surface area (TPSA) is 146 Å². The maximum atomic E-state index is 6.80. The van der Waals surface area contributed by atoms with E-state index < -0.39 is 0 Å². The molecule has 27 aromatic rings. The molecule has 0 bridgehead atoms. The van der Waals surface area contributed by atoms with Gasteiger partial charge in [0.15, 0.2) is 17.3 Å². The Morgan fingerprint density at radius 3 is 0.822 bits per heavy atom. The second kappa shape index (κ2) is 30.6. The van der Waals surface area contributed by atoms with Crippen LogP contribution in [0.2, 0.25) is 0 Å². The number of hydrogen-bond donors (Lipinski definition) is 0. The van der Waals surface area contributed by atoms with Crippen LogP contribution in [-0.2, 0) is 0 Å². The van der Waals surface area contributed by atoms with E-state index >= 15 is 0 Å². The molecule has 15 heteroatoms. The van der Waals surface area contributed by atoms with Gasteiger partial charge in [-0.3, -0.25) is 28.7 Å². The van der Waals surface area contributed by atoms with Crippen LogP contribution in [0.4, 0.5) is 0 Å². The average Bonchev–Trinajstić information content (AvgIpc) is 1.55. The Morgan fingerprint density at radius 1 is 0.178 bits per heavy atom. The summed E-state index contributed by atoms with van der Waals surface area (Å²) in [6.45, 7) is 0. The van der Waals surface area contributed by atoms with Gasteiger partial charge in [-0.2, -0.15) is 15.0 Å². The first-order valence-corrected chi connectivity index (χ1v) is 43.0. The Kier molecular flexibility index (Phi) is 17.5. The van der Waals surface area contributed by atoms with Crippen LogP contribution in [0.25, 0.3) is 234 Å². The lowest BCUT2D eigenvalue weighted by atomic mass is 10.1. The van der Waals surface area contributed by atoms with E-state index in [4.69, 9.17) is 28.2 Å². The second-order valence-electron chi connectivity index (χ2n) is 32.1. The van der Waals surface area contributed by atoms with Gasteiger partial charge in [-0.1, -0.05) is 303 Å². The lowest BCUT2D eigenvalue weighted by Crippen LogP contribution is -1.96. The van der Waals surface area contributed by atoms with Gasteiger partial charge < -0.3 is 27.0 Å². The number of hydrogen-bond acceptors (Lipinski definition) is 9. The number of pyridine rings is 3. The molecular weight excluding hydrogens is 1590 g/mol. The van der Waals surface area contributed by atoms with Crippen LogP contribution in [0, 0.1) is 0 Å². The molecule has 606 valence electrons. The Balaban J connectivity index is 0.000000105. The molecular formula is C114H72N12O3. The van der Waals surface area contributed by atoms with Gasteiger partial charge in [0, 0.05) is 117 Å². The van der Waals surface area contributed by atoms with Gasteiger partial charge in [-0.15, -0.1) is 0 Å². The van der Waals surface area contributed by atoms with Crippen LogP contribution in [0.3, 0.4) is 0 Å². The highest BCUT2D eigenvalue weighted by Crippen LogP contribution is 2.48. The summed E-state index contributed by atoms with van der Waals surface area (Å²) in [5.41, 5.74) is 24.6. The molecule has 0 fully saturated rings. The molecule has 0 radical (unpaired) electrons. The molecule has 0 saturated carbocycles. The van der Waals surface area contributed by atoms with Crippen LogP contribution in [0.1, 0.15) is 0 Å². The molecule has 0 amide bonds. The largest absolute Gasteiger partial charge is 0.422 e. The number of nitrogens with zero attached hydrogens (tertiary/aromatic N) is 12. The van der Waals surface area contributed by atoms with Crippen molar-refractivity contribution in [2.75, 3.05) is 0 Å². The van der Waals surface area contributed by atoms with Gasteiger partial charge in [0.05, 0.1) is 102 Å². The number of oxazole rings is 3. The highest BCUT2D eigenvalue weighted by molar-refractivity contribution is 6.28. The predicted molar refractivity (Wildman–Crippen MR) is 522 cm³/mol. The number of benzene rings is 15. The Labute approximate surface area is 737 Å². The molecule has 12 heterocycles. The van der Waals surface area contributed by atoms with Crippen LogP contribution in [-0.4, -0.2) is 57.3 Å². The number of para-hydroxylation sites is 6. The summed E-state index contributed by atoms with van der Waals surface area (Å²) in [5.74, 6) is 2.25. The minimum atomic E-state index is 0.535. The molecule has 129 heavy (non-hydrogen) atoms. The minimum absolute atomic E-state index is 0.535. The standard InChI is InChI=1S/3C38H24N4O/c1-3-12-25(13-4-1)35-37(26-14-5-2-6-15-26)43-38(40-35)42-31-19-9-7-17-28(31)29-21-22-33-34(36(29)42)30-18-8-10-20-32(30)41(33)27-16-11-23-39-24-27;1-3-12-25(13-4-1)35-37(26-14-5-2-6-15-26)43-38(40-35)42-32-20-10-8-18-30(32)34-33(42)22-21-29-28-17-7-9-19-31(28)41(36(29)34)27-16-11-23-39-24-27;1-3-12-25(13-4-1)36-37(26-14-5-2-6-15-26)43-38(40-36)42-33-20-10-8-18-29(33)31-22-34-30(23-35(31)42)28-17-7-9-19-32(28)41(34)27-16-11-21-39-24-27/h3*1-24H. The van der Waals surface area contributed by atoms with E-state index in [1.54, 1.807) is 0 Å². The average molecular weight is 1660 g/mol. The fraction of sp³-hybridized carbons (Fsp3) is 0. The monoisotopic (exact) mass is 1660 g/mol. The van der Waals surface area contributed by atoms with E-state index in [0.29, 0.717) is 18.0 Å². The lowest BCUT2D eigenvalue weighted by Gasteiger charge is -2.08. The molecule has 0 aliphatic rings. The maximum absolute atomic E-state index is 6.80. The van der Waals surface area contributed by atoms with E-state index in [9.17, 15) is 0 Å². The van der Waals surface area contributed by atoms with Crippen molar-refractivity contribution in [3.63, 3.8) is 0 Å². The number of rotatable bonds is 12. The van der Waals surface area contributed by atoms with Gasteiger partial charge in [0.2, 0.25) is 0 Å². The quantitative estimate of drug-likeness (QED) is 0.117. The molecule has 0 aliphatic carbocycles. The van der Waals surface area contributed by atoms with Gasteiger partial charge in [0.1, 0.15) is 17.1 Å². The zero-order valence-electron chi connectivity index (χ0n) is 69.2. The zero-order valence-corrected chi connectivity index (χ0v) is 69.2. The van der Waals surface area contributed by atoms with Crippen molar-refractivity contribution < 1.29 is 13.3 Å². The van der Waals surface area contributed by atoms with E-state index in [0.717, 1.165) is 199 Å². The summed E-state index contributed by atoms with van der Waals surface area (Å²) in [7, 11) is 0. The summed E-state index contributed by atoms with van der Waals surface area (Å²) in [5, 5.41) is 13.9. The third-order valence-corrected chi connectivity index (χ3v) is 24.8. The molecule has 0 atom stereocenters. The van der Waals surface area contributed by atoms with Gasteiger partial charge in [0.25, 0.3) is 0 Å². The second-order valence-corrected chi connectivity index (χ2v) is 32.1. The van der Waals surface area contributed by atoms with Crippen LogP contribution in [0.5, 0.6) is 0 Å². The third kappa shape index (κ3) is 12.1. The van der Waals surface area contributed by atoms with Crippen molar-refractivity contribution >= 4 is 131 Å². The van der Waals surface area contributed by atoms with Crippen molar-refractivity contribution in [1.82, 2.24) is 57.3 Å². The first kappa shape index (κ1) is 73.9. The molecule has 0 spiro atoms. The molecule has 27 rings (SSSR count). The van der Waals surface area contributed by atoms with Crippen LogP contribution >= 0.6 is 0 Å². The van der Waals surface area contributed by atoms with Crippen molar-refractivity contribution in [2.24, 2.45) is 0 Å². The summed E-state index contributed by atoms with van der Waals surface area (Å²) in [4.78, 5) is 28.9. The van der Waals surface area contributed by atoms with Crippen molar-refractivity contribution in [3.8, 4) is 103 Å². The highest BCUT2D eigenvalue weighted by atomic mass is 16.4. The van der Waals surface area contributed by atoms with Crippen molar-refractivity contribution in [2.45, 2.75) is 0 Å². The van der Waals surface area contributed by atoms with E-state index in [1.807, 2.05) is 165 Å². The molecule has 15 aromatic carbocycles. The van der Waals surface area contributed by atoms with Gasteiger partial charge in [-0.05, 0) is 97.1 Å². The van der Waals surface area contributed by atoms with Gasteiger partial charge in [-0.25, -0.2) is 0 Å². The Bertz CT molecular complexity index is 8790. The first-order valence-electron chi connectivity index (χ1n) is 43.0. The number of aromatic nitrogens is 12. The van der Waals surface area contributed by atoms with Crippen LogP contribution < -0.4 is 0 Å². The molecule has 0 N–H and O–H groups in total. The normalized spacial score (nSPS) is 11.7. The van der Waals surface area contributed by atoms with Gasteiger partial charge >= 0.3 is 18.0 Å². The molecule has 0 aliphatic heterocycles. The maximum Gasteiger partial charge on any atom is 0.307 e. The van der Waals surface area contributed by atoms with E-state index in [1.165, 1.54) is 16.2 Å². The Morgan fingerprint density at radius 2 is 0.442 bits per heavy atom. The Hall–Kier alpha value is -17.8. The summed E-state index contributed by atoms with van der Waals surface area (Å²) < 4.78 is 33.7. The summed E-state index contributed by atoms with van der Waals surface area (Å²) in [6.07, 6.45) is 11.2. The summed E-state index contributed by atoms with van der Waals surface area (Å²) in [6, 6.07) is 140. The third-order valence-electron chi connectivity index (χ3n) is 24.8.